The van der Waals surface area contributed by atoms with Crippen LogP contribution >= 0.6 is 0 Å². The molecule has 0 aliphatic rings. The summed E-state index contributed by atoms with van der Waals surface area (Å²) in [6, 6.07) is 54.1. The lowest BCUT2D eigenvalue weighted by Crippen LogP contribution is -2.36. The van der Waals surface area contributed by atoms with Crippen LogP contribution in [0.15, 0.2) is 203 Å². The van der Waals surface area contributed by atoms with Crippen molar-refractivity contribution < 1.29 is 18.7 Å². The van der Waals surface area contributed by atoms with Gasteiger partial charge in [0.1, 0.15) is 11.4 Å². The van der Waals surface area contributed by atoms with Crippen molar-refractivity contribution >= 4 is 57.6 Å². The molecule has 2 heterocycles. The molecule has 0 spiro atoms. The maximum Gasteiger partial charge on any atom is 0.350 e. The Morgan fingerprint density at radius 2 is 0.790 bits per heavy atom. The van der Waals surface area contributed by atoms with Crippen LogP contribution in [0.25, 0.3) is 0 Å². The molecule has 0 unspecified atom stereocenters. The average Bonchev–Trinajstić information content (AvgIpc) is 3.32. The number of para-hydroxylation sites is 2. The van der Waals surface area contributed by atoms with Crippen LogP contribution in [0.2, 0.25) is 0 Å². The second-order valence-electron chi connectivity index (χ2n) is 14.7. The van der Waals surface area contributed by atoms with Gasteiger partial charge in [0.25, 0.3) is 11.8 Å². The summed E-state index contributed by atoms with van der Waals surface area (Å²) in [6.07, 6.45) is 5.36. The highest BCUT2D eigenvalue weighted by Gasteiger charge is 2.17. The van der Waals surface area contributed by atoms with Crippen LogP contribution in [0, 0.1) is 0 Å². The first-order valence-corrected chi connectivity index (χ1v) is 20.6. The van der Waals surface area contributed by atoms with Crippen molar-refractivity contribution in [3.05, 3.63) is 193 Å². The number of carbonyl (C=O) groups is 2. The number of benzene rings is 5. The lowest BCUT2D eigenvalue weighted by molar-refractivity contribution is -0.684. The Morgan fingerprint density at radius 1 is 0.435 bits per heavy atom. The van der Waals surface area contributed by atoms with Gasteiger partial charge in [0, 0.05) is 86.0 Å². The van der Waals surface area contributed by atoms with Crippen LogP contribution in [0.4, 0.5) is 45.8 Å². The number of azo groups is 2. The largest absolute Gasteiger partial charge is 0.356 e. The molecule has 5 aromatic carbocycles. The van der Waals surface area contributed by atoms with Crippen LogP contribution in [-0.4, -0.2) is 48.8 Å². The Balaban J connectivity index is 0.847. The van der Waals surface area contributed by atoms with Crippen LogP contribution in [-0.2, 0) is 13.1 Å². The fourth-order valence-corrected chi connectivity index (χ4v) is 6.67. The van der Waals surface area contributed by atoms with E-state index in [1.807, 2.05) is 167 Å². The Hall–Kier alpha value is -7.86. The Kier molecular flexibility index (Phi) is 14.6. The van der Waals surface area contributed by atoms with Gasteiger partial charge in [-0.3, -0.25) is 9.59 Å². The molecule has 2 N–H and O–H groups in total. The topological polar surface area (TPSA) is 122 Å². The zero-order chi connectivity index (χ0) is 42.9. The number of amides is 2. The number of hydrogen-bond donors (Lipinski definition) is 2. The van der Waals surface area contributed by atoms with E-state index in [0.717, 1.165) is 45.8 Å². The zero-order valence-corrected chi connectivity index (χ0v) is 35.0. The van der Waals surface area contributed by atoms with E-state index in [1.54, 1.807) is 48.2 Å². The van der Waals surface area contributed by atoms with Gasteiger partial charge in [-0.05, 0) is 119 Å². The second-order valence-corrected chi connectivity index (χ2v) is 14.7. The molecule has 0 aliphatic carbocycles. The number of hydrogen-bond acceptors (Lipinski definition) is 8. The van der Waals surface area contributed by atoms with Gasteiger partial charge in [0.2, 0.25) is 0 Å². The maximum absolute atomic E-state index is 13.3. The standard InChI is InChI=1S/C50H48N10O2/c1-57(33-13-37-59-35-11-9-19-47(59)55-53-45-29-25-43(26-30-45)51-41-15-5-3-6-16-41)49(61)39-21-23-40(24-22-39)50(62)58(2)34-14-38-60-36-12-10-20-48(60)56-54-46-31-27-44(28-32-46)52-42-17-7-4-8-18-42/h3-12,15-32,35-36H,13-14,33-34,37-38H2,1-2H3/p+2. The predicted molar refractivity (Wildman–Crippen MR) is 244 cm³/mol. The number of pyridine rings is 2. The second kappa shape index (κ2) is 21.4. The molecule has 62 heavy (non-hydrogen) atoms. The fraction of sp³-hybridized carbons (Fsp3) is 0.160. The van der Waals surface area contributed by atoms with Crippen LogP contribution in [0.5, 0.6) is 0 Å². The minimum Gasteiger partial charge on any atom is -0.356 e. The van der Waals surface area contributed by atoms with E-state index < -0.39 is 0 Å². The Bertz CT molecular complexity index is 2400. The third kappa shape index (κ3) is 12.1. The summed E-state index contributed by atoms with van der Waals surface area (Å²) in [5.41, 5.74) is 6.53. The highest BCUT2D eigenvalue weighted by Crippen LogP contribution is 2.23. The third-order valence-electron chi connectivity index (χ3n) is 10.1. The number of aryl methyl sites for hydroxylation is 2. The van der Waals surface area contributed by atoms with Gasteiger partial charge in [0.05, 0.1) is 35.7 Å². The van der Waals surface area contributed by atoms with Gasteiger partial charge in [-0.15, -0.1) is 0 Å². The smallest absolute Gasteiger partial charge is 0.350 e. The molecule has 2 aromatic heterocycles. The van der Waals surface area contributed by atoms with Gasteiger partial charge in [-0.25, -0.2) is 9.13 Å². The summed E-state index contributed by atoms with van der Waals surface area (Å²) in [5.74, 6) is 1.23. The highest BCUT2D eigenvalue weighted by atomic mass is 16.2. The van der Waals surface area contributed by atoms with Crippen LogP contribution < -0.4 is 19.8 Å². The molecule has 0 saturated heterocycles. The minimum atomic E-state index is -0.106. The van der Waals surface area contributed by atoms with E-state index in [-0.39, 0.29) is 11.8 Å². The van der Waals surface area contributed by atoms with Crippen LogP contribution in [0.3, 0.4) is 0 Å². The van der Waals surface area contributed by atoms with Crippen molar-refractivity contribution in [3.63, 3.8) is 0 Å². The lowest BCUT2D eigenvalue weighted by atomic mass is 10.1. The molecule has 2 amide bonds. The van der Waals surface area contributed by atoms with Crippen molar-refractivity contribution in [2.75, 3.05) is 37.8 Å². The van der Waals surface area contributed by atoms with Gasteiger partial charge in [0.15, 0.2) is 0 Å². The molecule has 7 rings (SSSR count). The zero-order valence-electron chi connectivity index (χ0n) is 35.0. The molecule has 0 radical (unpaired) electrons. The van der Waals surface area contributed by atoms with Crippen molar-refractivity contribution in [2.45, 2.75) is 25.9 Å². The summed E-state index contributed by atoms with van der Waals surface area (Å²) in [7, 11) is 3.59. The first kappa shape index (κ1) is 42.3. The number of nitrogens with zero attached hydrogens (tertiary/aromatic N) is 8. The van der Waals surface area contributed by atoms with Crippen molar-refractivity contribution in [2.24, 2.45) is 20.5 Å². The molecule has 310 valence electrons. The van der Waals surface area contributed by atoms with E-state index in [0.29, 0.717) is 50.1 Å². The number of anilines is 4. The van der Waals surface area contributed by atoms with E-state index in [9.17, 15) is 9.59 Å². The maximum atomic E-state index is 13.3. The first-order valence-electron chi connectivity index (χ1n) is 20.6. The van der Waals surface area contributed by atoms with E-state index >= 15 is 0 Å². The minimum absolute atomic E-state index is 0.106. The number of nitrogens with one attached hydrogen (secondary N) is 2. The molecule has 7 aromatic rings. The molecular formula is C50H50N10O2+2. The van der Waals surface area contributed by atoms with E-state index in [4.69, 9.17) is 0 Å². The highest BCUT2D eigenvalue weighted by molar-refractivity contribution is 5.97. The van der Waals surface area contributed by atoms with Gasteiger partial charge in [-0.2, -0.15) is 0 Å². The van der Waals surface area contributed by atoms with E-state index in [1.165, 1.54) is 0 Å². The summed E-state index contributed by atoms with van der Waals surface area (Å²) in [4.78, 5) is 30.1. The number of rotatable bonds is 18. The SMILES string of the molecule is CN(CCC[n+]1ccccc1N=Nc1ccc(Nc2ccccc2)cc1)C(=O)c1ccc(C(=O)N(C)CCC[n+]2ccccc2N=Nc2ccc(Nc3ccccc3)cc2)cc1. The third-order valence-corrected chi connectivity index (χ3v) is 10.1. The van der Waals surface area contributed by atoms with Crippen LogP contribution in [0.1, 0.15) is 33.6 Å². The summed E-state index contributed by atoms with van der Waals surface area (Å²) in [5, 5.41) is 24.7. The number of carbonyl (C=O) groups excluding carboxylic acids is 2. The van der Waals surface area contributed by atoms with Crippen molar-refractivity contribution in [1.82, 2.24) is 9.80 Å². The Morgan fingerprint density at radius 3 is 1.18 bits per heavy atom. The summed E-state index contributed by atoms with van der Waals surface area (Å²) < 4.78 is 4.05. The Labute approximate surface area is 362 Å². The summed E-state index contributed by atoms with van der Waals surface area (Å²) in [6.45, 7) is 2.39. The molecule has 0 aliphatic heterocycles. The van der Waals surface area contributed by atoms with Gasteiger partial charge in [-0.1, -0.05) is 48.5 Å². The average molecular weight is 823 g/mol. The molecule has 12 heteroatoms. The molecule has 0 fully saturated rings. The molecule has 0 bridgehead atoms. The first-order chi connectivity index (χ1) is 30.4. The monoisotopic (exact) mass is 822 g/mol. The van der Waals surface area contributed by atoms with Gasteiger partial charge < -0.3 is 20.4 Å². The van der Waals surface area contributed by atoms with Gasteiger partial charge >= 0.3 is 11.6 Å². The normalized spacial score (nSPS) is 11.1. The van der Waals surface area contributed by atoms with E-state index in [2.05, 4.69) is 31.1 Å². The van der Waals surface area contributed by atoms with Crippen molar-refractivity contribution in [3.8, 4) is 0 Å². The lowest BCUT2D eigenvalue weighted by Gasteiger charge is -2.18. The fourth-order valence-electron chi connectivity index (χ4n) is 6.67. The van der Waals surface area contributed by atoms with Crippen molar-refractivity contribution in [1.29, 1.82) is 0 Å². The molecule has 0 atom stereocenters. The quantitative estimate of drug-likeness (QED) is 0.0661. The summed E-state index contributed by atoms with van der Waals surface area (Å²) >= 11 is 0. The molecule has 0 saturated carbocycles. The molecule has 12 nitrogen and oxygen atoms in total. The molecular weight excluding hydrogens is 773 g/mol. The predicted octanol–water partition coefficient (Wildman–Crippen LogP) is 10.9. The number of aromatic nitrogens is 2.